The van der Waals surface area contributed by atoms with Crippen LogP contribution in [0.4, 0.5) is 0 Å². The Labute approximate surface area is 97.5 Å². The molecule has 16 heavy (non-hydrogen) atoms. The van der Waals surface area contributed by atoms with E-state index >= 15 is 0 Å². The highest BCUT2D eigenvalue weighted by Gasteiger charge is 2.04. The van der Waals surface area contributed by atoms with Crippen molar-refractivity contribution in [2.24, 2.45) is 0 Å². The Kier molecular flexibility index (Phi) is 2.26. The van der Waals surface area contributed by atoms with Gasteiger partial charge >= 0.3 is 0 Å². The molecule has 80 valence electrons. The lowest BCUT2D eigenvalue weighted by molar-refractivity contribution is 0.344. The molecule has 0 unspecified atom stereocenters. The van der Waals surface area contributed by atoms with Crippen molar-refractivity contribution in [2.75, 3.05) is 6.61 Å². The number of thiazole rings is 1. The van der Waals surface area contributed by atoms with E-state index in [0.717, 1.165) is 16.7 Å². The van der Waals surface area contributed by atoms with Crippen molar-refractivity contribution in [1.82, 2.24) is 4.98 Å². The molecule has 0 aliphatic heterocycles. The molecule has 0 N–H and O–H groups in total. The molecule has 0 atom stereocenters. The molecule has 2 aromatic carbocycles. The zero-order valence-corrected chi connectivity index (χ0v) is 9.75. The van der Waals surface area contributed by atoms with Crippen molar-refractivity contribution in [2.45, 2.75) is 6.92 Å². The Balaban J connectivity index is 2.35. The van der Waals surface area contributed by atoms with Crippen molar-refractivity contribution in [3.05, 3.63) is 35.8 Å². The van der Waals surface area contributed by atoms with Gasteiger partial charge in [0.25, 0.3) is 0 Å². The lowest BCUT2D eigenvalue weighted by atomic mass is 10.1. The van der Waals surface area contributed by atoms with Gasteiger partial charge in [0, 0.05) is 5.39 Å². The second-order valence-electron chi connectivity index (χ2n) is 3.58. The first kappa shape index (κ1) is 9.60. The number of hydrogen-bond acceptors (Lipinski definition) is 3. The summed E-state index contributed by atoms with van der Waals surface area (Å²) in [5.74, 6) is 0.940. The SMILES string of the molecule is CCOc1cccc2cc3scnc3cc12. The first-order valence-corrected chi connectivity index (χ1v) is 6.15. The van der Waals surface area contributed by atoms with Crippen LogP contribution in [-0.4, -0.2) is 11.6 Å². The fourth-order valence-corrected chi connectivity index (χ4v) is 2.59. The second kappa shape index (κ2) is 3.76. The maximum atomic E-state index is 5.62. The van der Waals surface area contributed by atoms with Crippen LogP contribution in [0.15, 0.2) is 35.8 Å². The summed E-state index contributed by atoms with van der Waals surface area (Å²) in [6.07, 6.45) is 0. The van der Waals surface area contributed by atoms with Crippen molar-refractivity contribution < 1.29 is 4.74 Å². The zero-order valence-electron chi connectivity index (χ0n) is 8.93. The topological polar surface area (TPSA) is 22.1 Å². The monoisotopic (exact) mass is 229 g/mol. The second-order valence-corrected chi connectivity index (χ2v) is 4.47. The van der Waals surface area contributed by atoms with Crippen LogP contribution in [0.3, 0.4) is 0 Å². The Morgan fingerprint density at radius 2 is 2.25 bits per heavy atom. The largest absolute Gasteiger partial charge is 0.493 e. The third-order valence-electron chi connectivity index (χ3n) is 2.59. The van der Waals surface area contributed by atoms with Crippen molar-refractivity contribution in [3.63, 3.8) is 0 Å². The first-order valence-electron chi connectivity index (χ1n) is 5.27. The lowest BCUT2D eigenvalue weighted by Gasteiger charge is -2.06. The summed E-state index contributed by atoms with van der Waals surface area (Å²) in [4.78, 5) is 4.33. The third kappa shape index (κ3) is 1.44. The van der Waals surface area contributed by atoms with Crippen molar-refractivity contribution in [3.8, 4) is 5.75 Å². The smallest absolute Gasteiger partial charge is 0.127 e. The number of rotatable bonds is 2. The van der Waals surface area contributed by atoms with E-state index in [2.05, 4.69) is 23.2 Å². The predicted molar refractivity (Wildman–Crippen MR) is 68.3 cm³/mol. The summed E-state index contributed by atoms with van der Waals surface area (Å²) in [5, 5.41) is 2.35. The summed E-state index contributed by atoms with van der Waals surface area (Å²) in [7, 11) is 0. The van der Waals surface area contributed by atoms with Crippen LogP contribution in [0, 0.1) is 0 Å². The van der Waals surface area contributed by atoms with Gasteiger partial charge < -0.3 is 4.74 Å². The van der Waals surface area contributed by atoms with Gasteiger partial charge in [-0.1, -0.05) is 12.1 Å². The van der Waals surface area contributed by atoms with Crippen molar-refractivity contribution >= 4 is 32.3 Å². The molecule has 0 spiro atoms. The van der Waals surface area contributed by atoms with Crippen LogP contribution >= 0.6 is 11.3 Å². The number of nitrogens with zero attached hydrogens (tertiary/aromatic N) is 1. The van der Waals surface area contributed by atoms with Crippen molar-refractivity contribution in [1.29, 1.82) is 0 Å². The molecule has 3 heteroatoms. The molecular weight excluding hydrogens is 218 g/mol. The summed E-state index contributed by atoms with van der Waals surface area (Å²) in [6.45, 7) is 2.69. The molecule has 3 rings (SSSR count). The summed E-state index contributed by atoms with van der Waals surface area (Å²) in [6, 6.07) is 10.4. The molecule has 0 aliphatic carbocycles. The number of aromatic nitrogens is 1. The fraction of sp³-hybridized carbons (Fsp3) is 0.154. The van der Waals surface area contributed by atoms with Gasteiger partial charge in [0.15, 0.2) is 0 Å². The molecule has 0 amide bonds. The molecule has 0 fully saturated rings. The maximum Gasteiger partial charge on any atom is 0.127 e. The van der Waals surface area contributed by atoms with Gasteiger partial charge in [-0.25, -0.2) is 4.98 Å². The molecule has 0 aliphatic rings. The van der Waals surface area contributed by atoms with Crippen LogP contribution in [-0.2, 0) is 0 Å². The molecule has 1 heterocycles. The predicted octanol–water partition coefficient (Wildman–Crippen LogP) is 3.85. The number of benzene rings is 2. The summed E-state index contributed by atoms with van der Waals surface area (Å²) in [5.41, 5.74) is 2.92. The lowest BCUT2D eigenvalue weighted by Crippen LogP contribution is -1.91. The molecule has 0 bridgehead atoms. The van der Waals surface area contributed by atoms with Gasteiger partial charge in [-0.15, -0.1) is 11.3 Å². The maximum absolute atomic E-state index is 5.62. The average Bonchev–Trinajstić information content (AvgIpc) is 2.74. The summed E-state index contributed by atoms with van der Waals surface area (Å²) >= 11 is 1.67. The van der Waals surface area contributed by atoms with Gasteiger partial charge in [-0.05, 0) is 30.5 Å². The van der Waals surface area contributed by atoms with Gasteiger partial charge in [-0.3, -0.25) is 0 Å². The normalized spacial score (nSPS) is 11.1. The average molecular weight is 229 g/mol. The number of hydrogen-bond donors (Lipinski definition) is 0. The Morgan fingerprint density at radius 1 is 1.31 bits per heavy atom. The third-order valence-corrected chi connectivity index (χ3v) is 3.38. The van der Waals surface area contributed by atoms with E-state index in [1.165, 1.54) is 10.1 Å². The highest BCUT2D eigenvalue weighted by molar-refractivity contribution is 7.16. The van der Waals surface area contributed by atoms with E-state index in [0.29, 0.717) is 6.61 Å². The highest BCUT2D eigenvalue weighted by atomic mass is 32.1. The van der Waals surface area contributed by atoms with E-state index in [1.54, 1.807) is 11.3 Å². The number of fused-ring (bicyclic) bond motifs is 2. The molecule has 0 saturated carbocycles. The van der Waals surface area contributed by atoms with E-state index in [-0.39, 0.29) is 0 Å². The minimum atomic E-state index is 0.689. The minimum absolute atomic E-state index is 0.689. The molecule has 3 aromatic rings. The van der Waals surface area contributed by atoms with Crippen LogP contribution in [0.2, 0.25) is 0 Å². The highest BCUT2D eigenvalue weighted by Crippen LogP contribution is 2.30. The Morgan fingerprint density at radius 3 is 3.12 bits per heavy atom. The first-order chi connectivity index (χ1) is 7.88. The van der Waals surface area contributed by atoms with E-state index in [1.807, 2.05) is 24.6 Å². The van der Waals surface area contributed by atoms with E-state index in [4.69, 9.17) is 4.74 Å². The van der Waals surface area contributed by atoms with Crippen LogP contribution in [0.5, 0.6) is 5.75 Å². The zero-order chi connectivity index (χ0) is 11.0. The molecule has 0 saturated heterocycles. The molecule has 2 nitrogen and oxygen atoms in total. The minimum Gasteiger partial charge on any atom is -0.493 e. The standard InChI is InChI=1S/C13H11NOS/c1-2-15-12-5-3-4-9-6-13-11(7-10(9)12)14-8-16-13/h3-8H,2H2,1H3. The van der Waals surface area contributed by atoms with E-state index in [9.17, 15) is 0 Å². The van der Waals surface area contributed by atoms with E-state index < -0.39 is 0 Å². The van der Waals surface area contributed by atoms with Crippen LogP contribution in [0.25, 0.3) is 21.0 Å². The van der Waals surface area contributed by atoms with Gasteiger partial charge in [0.2, 0.25) is 0 Å². The Hall–Kier alpha value is -1.61. The molecule has 0 radical (unpaired) electrons. The molecule has 1 aromatic heterocycles. The fourth-order valence-electron chi connectivity index (χ4n) is 1.88. The molecular formula is C13H11NOS. The Bertz CT molecular complexity index is 645. The number of ether oxygens (including phenoxy) is 1. The van der Waals surface area contributed by atoms with Crippen LogP contribution in [0.1, 0.15) is 6.92 Å². The van der Waals surface area contributed by atoms with Gasteiger partial charge in [0.05, 0.1) is 22.3 Å². The van der Waals surface area contributed by atoms with Crippen LogP contribution < -0.4 is 4.74 Å². The quantitative estimate of drug-likeness (QED) is 0.666. The summed E-state index contributed by atoms with van der Waals surface area (Å²) < 4.78 is 6.84. The van der Waals surface area contributed by atoms with Gasteiger partial charge in [0.1, 0.15) is 5.75 Å². The van der Waals surface area contributed by atoms with Gasteiger partial charge in [-0.2, -0.15) is 0 Å².